The minimum atomic E-state index is 0.0418. The van der Waals surface area contributed by atoms with Crippen molar-refractivity contribution in [3.8, 4) is 11.1 Å². The Kier molecular flexibility index (Phi) is 8.18. The van der Waals surface area contributed by atoms with Gasteiger partial charge < -0.3 is 9.64 Å². The highest BCUT2D eigenvalue weighted by atomic mass is 16.5. The predicted octanol–water partition coefficient (Wildman–Crippen LogP) is 9.18. The summed E-state index contributed by atoms with van der Waals surface area (Å²) in [6.45, 7) is 10.7. The number of nitrogens with zero attached hydrogens (tertiary/aromatic N) is 1. The van der Waals surface area contributed by atoms with E-state index in [1.807, 2.05) is 13.0 Å². The van der Waals surface area contributed by atoms with Crippen molar-refractivity contribution >= 4 is 17.1 Å². The van der Waals surface area contributed by atoms with Crippen molar-refractivity contribution < 1.29 is 4.74 Å². The minimum absolute atomic E-state index is 0.0418. The second-order valence-electron chi connectivity index (χ2n) is 9.08. The van der Waals surface area contributed by atoms with Crippen LogP contribution in [0.4, 0.5) is 17.1 Å². The molecule has 0 fully saturated rings. The van der Waals surface area contributed by atoms with Gasteiger partial charge in [0.2, 0.25) is 0 Å². The standard InChI is InChI=1S/C33H35NO/c1-5-7-27-10-14-29(15-11-27)30-16-22-33(23-17-30)34(31-18-8-25(3)9-19-31)32-20-12-28(13-21-32)24-35-26(4)6-2/h6,8-23,26H,2,5,7,24H2,1,3-4H3. The Morgan fingerprint density at radius 2 is 1.17 bits per heavy atom. The number of ether oxygens (including phenoxy) is 1. The van der Waals surface area contributed by atoms with Crippen molar-refractivity contribution in [2.45, 2.75) is 46.3 Å². The quantitative estimate of drug-likeness (QED) is 0.218. The number of hydrogen-bond acceptors (Lipinski definition) is 2. The van der Waals surface area contributed by atoms with E-state index >= 15 is 0 Å². The monoisotopic (exact) mass is 461 g/mol. The second kappa shape index (κ2) is 11.7. The van der Waals surface area contributed by atoms with Crippen LogP contribution in [0.1, 0.15) is 37.0 Å². The summed E-state index contributed by atoms with van der Waals surface area (Å²) in [6.07, 6.45) is 4.16. The lowest BCUT2D eigenvalue weighted by molar-refractivity contribution is 0.0843. The Labute approximate surface area is 210 Å². The van der Waals surface area contributed by atoms with Crippen LogP contribution in [0.3, 0.4) is 0 Å². The topological polar surface area (TPSA) is 12.5 Å². The SMILES string of the molecule is C=CC(C)OCc1ccc(N(c2ccc(C)cc2)c2ccc(-c3ccc(CCC)cc3)cc2)cc1. The fraction of sp³-hybridized carbons (Fsp3) is 0.212. The molecule has 0 N–H and O–H groups in total. The summed E-state index contributed by atoms with van der Waals surface area (Å²) in [5, 5.41) is 0. The highest BCUT2D eigenvalue weighted by Crippen LogP contribution is 2.36. The van der Waals surface area contributed by atoms with Gasteiger partial charge in [-0.3, -0.25) is 0 Å². The zero-order valence-corrected chi connectivity index (χ0v) is 21.1. The fourth-order valence-electron chi connectivity index (χ4n) is 4.13. The Bertz CT molecular complexity index is 1210. The zero-order valence-electron chi connectivity index (χ0n) is 21.1. The van der Waals surface area contributed by atoms with Gasteiger partial charge in [0.25, 0.3) is 0 Å². The van der Waals surface area contributed by atoms with Gasteiger partial charge in [-0.1, -0.05) is 85.6 Å². The maximum Gasteiger partial charge on any atom is 0.0729 e. The summed E-state index contributed by atoms with van der Waals surface area (Å²) >= 11 is 0. The molecule has 0 saturated heterocycles. The van der Waals surface area contributed by atoms with Crippen molar-refractivity contribution in [3.63, 3.8) is 0 Å². The molecule has 0 heterocycles. The van der Waals surface area contributed by atoms with Crippen molar-refractivity contribution in [2.24, 2.45) is 0 Å². The maximum atomic E-state index is 5.80. The van der Waals surface area contributed by atoms with E-state index in [0.29, 0.717) is 6.61 Å². The van der Waals surface area contributed by atoms with Crippen LogP contribution in [0, 0.1) is 6.92 Å². The third kappa shape index (κ3) is 6.29. The summed E-state index contributed by atoms with van der Waals surface area (Å²) in [6, 6.07) is 35.1. The van der Waals surface area contributed by atoms with E-state index in [-0.39, 0.29) is 6.10 Å². The first-order valence-electron chi connectivity index (χ1n) is 12.5. The Balaban J connectivity index is 1.62. The number of hydrogen-bond donors (Lipinski definition) is 0. The highest BCUT2D eigenvalue weighted by molar-refractivity contribution is 5.78. The highest BCUT2D eigenvalue weighted by Gasteiger charge is 2.13. The van der Waals surface area contributed by atoms with Crippen molar-refractivity contribution in [3.05, 3.63) is 126 Å². The van der Waals surface area contributed by atoms with Gasteiger partial charge in [-0.2, -0.15) is 0 Å². The Morgan fingerprint density at radius 3 is 1.69 bits per heavy atom. The van der Waals surface area contributed by atoms with Gasteiger partial charge in [0.15, 0.2) is 0 Å². The summed E-state index contributed by atoms with van der Waals surface area (Å²) in [4.78, 5) is 2.30. The summed E-state index contributed by atoms with van der Waals surface area (Å²) in [5.74, 6) is 0. The molecule has 2 heteroatoms. The summed E-state index contributed by atoms with van der Waals surface area (Å²) in [5.41, 5.74) is 9.65. The van der Waals surface area contributed by atoms with Gasteiger partial charge in [0, 0.05) is 17.1 Å². The molecule has 0 radical (unpaired) electrons. The molecule has 0 saturated carbocycles. The molecule has 4 aromatic carbocycles. The van der Waals surface area contributed by atoms with Crippen LogP contribution in [0.15, 0.2) is 110 Å². The first kappa shape index (κ1) is 24.5. The van der Waals surface area contributed by atoms with Crippen molar-refractivity contribution in [1.82, 2.24) is 0 Å². The number of aryl methyl sites for hydroxylation is 2. The van der Waals surface area contributed by atoms with E-state index in [2.05, 4.69) is 122 Å². The van der Waals surface area contributed by atoms with Crippen LogP contribution in [-0.2, 0) is 17.8 Å². The molecule has 4 rings (SSSR count). The van der Waals surface area contributed by atoms with Crippen molar-refractivity contribution in [1.29, 1.82) is 0 Å². The lowest BCUT2D eigenvalue weighted by Crippen LogP contribution is -2.10. The van der Waals surface area contributed by atoms with Gasteiger partial charge >= 0.3 is 0 Å². The molecule has 2 nitrogen and oxygen atoms in total. The third-order valence-corrected chi connectivity index (χ3v) is 6.28. The van der Waals surface area contributed by atoms with Gasteiger partial charge in [-0.05, 0) is 78.9 Å². The number of rotatable bonds is 10. The van der Waals surface area contributed by atoms with E-state index in [1.165, 1.54) is 28.7 Å². The first-order valence-corrected chi connectivity index (χ1v) is 12.5. The molecule has 1 atom stereocenters. The second-order valence-corrected chi connectivity index (χ2v) is 9.08. The maximum absolute atomic E-state index is 5.80. The number of anilines is 3. The molecule has 0 aliphatic heterocycles. The predicted molar refractivity (Wildman–Crippen MR) is 150 cm³/mol. The van der Waals surface area contributed by atoms with Crippen LogP contribution < -0.4 is 4.90 Å². The van der Waals surface area contributed by atoms with Crippen LogP contribution in [0.25, 0.3) is 11.1 Å². The van der Waals surface area contributed by atoms with E-state index in [9.17, 15) is 0 Å². The van der Waals surface area contributed by atoms with E-state index in [4.69, 9.17) is 4.74 Å². The molecular weight excluding hydrogens is 426 g/mol. The average molecular weight is 462 g/mol. The molecule has 0 aliphatic rings. The smallest absolute Gasteiger partial charge is 0.0729 e. The van der Waals surface area contributed by atoms with E-state index in [0.717, 1.165) is 29.0 Å². The summed E-state index contributed by atoms with van der Waals surface area (Å²) < 4.78 is 5.80. The largest absolute Gasteiger partial charge is 0.370 e. The molecule has 0 aromatic heterocycles. The Morgan fingerprint density at radius 1 is 0.714 bits per heavy atom. The molecule has 0 bridgehead atoms. The van der Waals surface area contributed by atoms with E-state index in [1.54, 1.807) is 0 Å². The van der Waals surface area contributed by atoms with E-state index < -0.39 is 0 Å². The van der Waals surface area contributed by atoms with Gasteiger partial charge in [-0.25, -0.2) is 0 Å². The summed E-state index contributed by atoms with van der Waals surface area (Å²) in [7, 11) is 0. The molecule has 4 aromatic rings. The van der Waals surface area contributed by atoms with Crippen LogP contribution in [0.2, 0.25) is 0 Å². The lowest BCUT2D eigenvalue weighted by atomic mass is 10.0. The average Bonchev–Trinajstić information content (AvgIpc) is 2.90. The third-order valence-electron chi connectivity index (χ3n) is 6.28. The van der Waals surface area contributed by atoms with Crippen LogP contribution >= 0.6 is 0 Å². The van der Waals surface area contributed by atoms with Gasteiger partial charge in [0.05, 0.1) is 12.7 Å². The molecular formula is C33H35NO. The molecule has 1 unspecified atom stereocenters. The molecule has 0 aliphatic carbocycles. The molecule has 0 amide bonds. The van der Waals surface area contributed by atoms with Gasteiger partial charge in [0.1, 0.15) is 0 Å². The molecule has 178 valence electrons. The lowest BCUT2D eigenvalue weighted by Gasteiger charge is -2.26. The van der Waals surface area contributed by atoms with Crippen molar-refractivity contribution in [2.75, 3.05) is 4.90 Å². The normalized spacial score (nSPS) is 11.7. The van der Waals surface area contributed by atoms with Crippen LogP contribution in [-0.4, -0.2) is 6.10 Å². The van der Waals surface area contributed by atoms with Gasteiger partial charge in [-0.15, -0.1) is 6.58 Å². The first-order chi connectivity index (χ1) is 17.1. The molecule has 0 spiro atoms. The number of benzene rings is 4. The fourth-order valence-corrected chi connectivity index (χ4v) is 4.13. The Hall–Kier alpha value is -3.62. The minimum Gasteiger partial charge on any atom is -0.370 e. The molecule has 35 heavy (non-hydrogen) atoms. The van der Waals surface area contributed by atoms with Crippen LogP contribution in [0.5, 0.6) is 0 Å². The zero-order chi connectivity index (χ0) is 24.6.